The Morgan fingerprint density at radius 1 is 1.29 bits per heavy atom. The Hall–Kier alpha value is -1.97. The second-order valence-corrected chi connectivity index (χ2v) is 4.50. The van der Waals surface area contributed by atoms with Crippen molar-refractivity contribution in [1.29, 1.82) is 0 Å². The van der Waals surface area contributed by atoms with E-state index in [0.717, 1.165) is 19.6 Å². The standard InChI is InChI=1S/C12H22N6O3/c1-17-9-10(18(20)21)8-11(17)12(19)16-7-6-15-5-4-14-3-2-13/h8-9,14-15H,2-7,13H2,1H3,(H,16,19). The van der Waals surface area contributed by atoms with Crippen molar-refractivity contribution < 1.29 is 9.72 Å². The second kappa shape index (κ2) is 9.06. The summed E-state index contributed by atoms with van der Waals surface area (Å²) in [5.74, 6) is -0.325. The normalized spacial score (nSPS) is 10.6. The van der Waals surface area contributed by atoms with Gasteiger partial charge in [0.25, 0.3) is 11.6 Å². The molecule has 118 valence electrons. The number of aromatic nitrogens is 1. The van der Waals surface area contributed by atoms with Gasteiger partial charge in [0.05, 0.1) is 11.1 Å². The molecule has 5 N–H and O–H groups in total. The third-order valence-electron chi connectivity index (χ3n) is 2.82. The lowest BCUT2D eigenvalue weighted by molar-refractivity contribution is -0.384. The van der Waals surface area contributed by atoms with Crippen molar-refractivity contribution in [3.05, 3.63) is 28.1 Å². The van der Waals surface area contributed by atoms with Gasteiger partial charge in [0.15, 0.2) is 0 Å². The molecule has 9 nitrogen and oxygen atoms in total. The van der Waals surface area contributed by atoms with E-state index >= 15 is 0 Å². The number of nitrogens with zero attached hydrogens (tertiary/aromatic N) is 2. The quantitative estimate of drug-likeness (QED) is 0.244. The van der Waals surface area contributed by atoms with Crippen LogP contribution in [0.15, 0.2) is 12.3 Å². The van der Waals surface area contributed by atoms with Crippen molar-refractivity contribution in [2.45, 2.75) is 0 Å². The minimum absolute atomic E-state index is 0.0910. The highest BCUT2D eigenvalue weighted by atomic mass is 16.6. The van der Waals surface area contributed by atoms with Crippen LogP contribution in [0.1, 0.15) is 10.5 Å². The van der Waals surface area contributed by atoms with Gasteiger partial charge in [0, 0.05) is 52.4 Å². The van der Waals surface area contributed by atoms with Crippen molar-refractivity contribution in [3.8, 4) is 0 Å². The molecule has 1 rings (SSSR count). The van der Waals surface area contributed by atoms with Gasteiger partial charge < -0.3 is 26.3 Å². The van der Waals surface area contributed by atoms with E-state index < -0.39 is 4.92 Å². The van der Waals surface area contributed by atoms with E-state index in [9.17, 15) is 14.9 Å². The van der Waals surface area contributed by atoms with E-state index in [2.05, 4.69) is 16.0 Å². The molecular formula is C12H22N6O3. The maximum absolute atomic E-state index is 11.9. The van der Waals surface area contributed by atoms with E-state index in [1.165, 1.54) is 16.8 Å². The molecule has 0 atom stereocenters. The van der Waals surface area contributed by atoms with Gasteiger partial charge >= 0.3 is 0 Å². The monoisotopic (exact) mass is 298 g/mol. The maximum Gasteiger partial charge on any atom is 0.287 e. The van der Waals surface area contributed by atoms with E-state index in [1.807, 2.05) is 0 Å². The molecule has 0 aliphatic heterocycles. The Morgan fingerprint density at radius 2 is 1.90 bits per heavy atom. The first-order chi connectivity index (χ1) is 10.1. The van der Waals surface area contributed by atoms with Gasteiger partial charge in [-0.05, 0) is 0 Å². The summed E-state index contributed by atoms with van der Waals surface area (Å²) in [4.78, 5) is 22.0. The van der Waals surface area contributed by atoms with Crippen LogP contribution in [0, 0.1) is 10.1 Å². The van der Waals surface area contributed by atoms with Crippen LogP contribution < -0.4 is 21.7 Å². The van der Waals surface area contributed by atoms with Crippen LogP contribution in [-0.2, 0) is 7.05 Å². The van der Waals surface area contributed by atoms with Gasteiger partial charge in [-0.15, -0.1) is 0 Å². The van der Waals surface area contributed by atoms with Crippen LogP contribution in [0.2, 0.25) is 0 Å². The molecule has 21 heavy (non-hydrogen) atoms. The first kappa shape index (κ1) is 17.1. The highest BCUT2D eigenvalue weighted by Crippen LogP contribution is 2.14. The van der Waals surface area contributed by atoms with E-state index in [0.29, 0.717) is 19.6 Å². The Labute approximate surface area is 123 Å². The van der Waals surface area contributed by atoms with Gasteiger partial charge in [-0.2, -0.15) is 0 Å². The van der Waals surface area contributed by atoms with Crippen LogP contribution in [0.4, 0.5) is 5.69 Å². The van der Waals surface area contributed by atoms with Gasteiger partial charge in [0.2, 0.25) is 0 Å². The summed E-state index contributed by atoms with van der Waals surface area (Å²) < 4.78 is 1.44. The van der Waals surface area contributed by atoms with Crippen LogP contribution in [0.25, 0.3) is 0 Å². The lowest BCUT2D eigenvalue weighted by Gasteiger charge is -2.07. The summed E-state index contributed by atoms with van der Waals surface area (Å²) in [6, 6.07) is 1.26. The van der Waals surface area contributed by atoms with E-state index in [1.54, 1.807) is 7.05 Å². The molecule has 0 aliphatic carbocycles. The molecule has 0 aromatic carbocycles. The average molecular weight is 298 g/mol. The molecule has 1 aromatic rings. The first-order valence-electron chi connectivity index (χ1n) is 6.76. The highest BCUT2D eigenvalue weighted by molar-refractivity contribution is 5.93. The minimum Gasteiger partial charge on any atom is -0.349 e. The molecule has 0 aliphatic rings. The number of hydrogen-bond donors (Lipinski definition) is 4. The van der Waals surface area contributed by atoms with Gasteiger partial charge in [0.1, 0.15) is 5.69 Å². The van der Waals surface area contributed by atoms with Crippen molar-refractivity contribution in [2.24, 2.45) is 12.8 Å². The van der Waals surface area contributed by atoms with Crippen LogP contribution >= 0.6 is 0 Å². The lowest BCUT2D eigenvalue weighted by Crippen LogP contribution is -2.36. The number of nitro groups is 1. The number of aryl methyl sites for hydroxylation is 1. The highest BCUT2D eigenvalue weighted by Gasteiger charge is 2.16. The van der Waals surface area contributed by atoms with Crippen molar-refractivity contribution in [2.75, 3.05) is 39.3 Å². The van der Waals surface area contributed by atoms with Crippen LogP contribution in [0.3, 0.4) is 0 Å². The van der Waals surface area contributed by atoms with E-state index in [4.69, 9.17) is 5.73 Å². The summed E-state index contributed by atoms with van der Waals surface area (Å²) >= 11 is 0. The molecule has 0 spiro atoms. The van der Waals surface area contributed by atoms with Crippen LogP contribution in [-0.4, -0.2) is 54.7 Å². The molecule has 1 aromatic heterocycles. The molecule has 0 fully saturated rings. The fourth-order valence-corrected chi connectivity index (χ4v) is 1.76. The third-order valence-corrected chi connectivity index (χ3v) is 2.82. The third kappa shape index (κ3) is 5.90. The molecule has 0 radical (unpaired) electrons. The topological polar surface area (TPSA) is 127 Å². The maximum atomic E-state index is 11.9. The predicted octanol–water partition coefficient (Wildman–Crippen LogP) is -1.20. The molecule has 0 saturated heterocycles. The molecule has 0 unspecified atom stereocenters. The number of carbonyl (C=O) groups excluding carboxylic acids is 1. The first-order valence-corrected chi connectivity index (χ1v) is 6.76. The minimum atomic E-state index is -0.521. The lowest BCUT2D eigenvalue weighted by atomic mass is 10.4. The fraction of sp³-hybridized carbons (Fsp3) is 0.583. The van der Waals surface area contributed by atoms with Crippen molar-refractivity contribution in [1.82, 2.24) is 20.5 Å². The number of hydrogen-bond acceptors (Lipinski definition) is 6. The number of nitrogens with one attached hydrogen (secondary N) is 3. The summed E-state index contributed by atoms with van der Waals surface area (Å²) in [6.45, 7) is 4.07. The zero-order valence-electron chi connectivity index (χ0n) is 12.1. The Kier molecular flexibility index (Phi) is 7.37. The largest absolute Gasteiger partial charge is 0.349 e. The Balaban J connectivity index is 2.23. The summed E-state index contributed by atoms with van der Waals surface area (Å²) in [5, 5.41) is 19.6. The molecule has 9 heteroatoms. The molecule has 0 bridgehead atoms. The predicted molar refractivity (Wildman–Crippen MR) is 79.2 cm³/mol. The number of amides is 1. The zero-order chi connectivity index (χ0) is 15.7. The smallest absolute Gasteiger partial charge is 0.287 e. The SMILES string of the molecule is Cn1cc([N+](=O)[O-])cc1C(=O)NCCNCCNCCN. The van der Waals surface area contributed by atoms with Gasteiger partial charge in [-0.25, -0.2) is 0 Å². The number of rotatable bonds is 10. The van der Waals surface area contributed by atoms with Crippen LogP contribution in [0.5, 0.6) is 0 Å². The van der Waals surface area contributed by atoms with Crippen molar-refractivity contribution >= 4 is 11.6 Å². The molecular weight excluding hydrogens is 276 g/mol. The number of carbonyl (C=O) groups is 1. The van der Waals surface area contributed by atoms with E-state index in [-0.39, 0.29) is 17.3 Å². The average Bonchev–Trinajstić information content (AvgIpc) is 2.84. The molecule has 1 amide bonds. The van der Waals surface area contributed by atoms with Gasteiger partial charge in [-0.1, -0.05) is 0 Å². The second-order valence-electron chi connectivity index (χ2n) is 4.50. The molecule has 1 heterocycles. The number of nitrogens with two attached hydrogens (primary N) is 1. The summed E-state index contributed by atoms with van der Waals surface area (Å²) in [7, 11) is 1.60. The van der Waals surface area contributed by atoms with Gasteiger partial charge in [-0.3, -0.25) is 14.9 Å². The summed E-state index contributed by atoms with van der Waals surface area (Å²) in [6.07, 6.45) is 1.32. The summed E-state index contributed by atoms with van der Waals surface area (Å²) in [5.41, 5.74) is 5.52. The Bertz CT molecular complexity index is 474. The Morgan fingerprint density at radius 3 is 2.48 bits per heavy atom. The molecule has 0 saturated carbocycles. The van der Waals surface area contributed by atoms with Crippen molar-refractivity contribution in [3.63, 3.8) is 0 Å². The fourth-order valence-electron chi connectivity index (χ4n) is 1.76. The zero-order valence-corrected chi connectivity index (χ0v) is 12.1.